The quantitative estimate of drug-likeness (QED) is 0.920. The molecule has 1 spiro atoms. The van der Waals surface area contributed by atoms with Gasteiger partial charge in [-0.15, -0.1) is 0 Å². The molecular weight excluding hydrogens is 254 g/mol. The fourth-order valence-corrected chi connectivity index (χ4v) is 3.38. The molecule has 1 aromatic rings. The molecular formula is C15H25N3O2. The minimum absolute atomic E-state index is 0.110. The third-order valence-corrected chi connectivity index (χ3v) is 4.56. The number of nitrogens with one attached hydrogen (secondary N) is 1. The van der Waals surface area contributed by atoms with Gasteiger partial charge in [0.05, 0.1) is 5.60 Å². The van der Waals surface area contributed by atoms with Crippen molar-refractivity contribution >= 4 is 0 Å². The molecule has 0 saturated carbocycles. The summed E-state index contributed by atoms with van der Waals surface area (Å²) in [5, 5.41) is 7.54. The third-order valence-electron chi connectivity index (χ3n) is 4.56. The van der Waals surface area contributed by atoms with Gasteiger partial charge in [0.1, 0.15) is 0 Å². The Bertz CT molecular complexity index is 433. The minimum Gasteiger partial charge on any atom is -0.375 e. The van der Waals surface area contributed by atoms with Gasteiger partial charge in [-0.1, -0.05) is 19.0 Å². The van der Waals surface area contributed by atoms with Crippen LogP contribution in [0.3, 0.4) is 0 Å². The summed E-state index contributed by atoms with van der Waals surface area (Å²) in [6.45, 7) is 7.18. The van der Waals surface area contributed by atoms with Crippen molar-refractivity contribution in [1.82, 2.24) is 15.5 Å². The number of hydrogen-bond acceptors (Lipinski definition) is 5. The highest BCUT2D eigenvalue weighted by atomic mass is 16.5. The Kier molecular flexibility index (Phi) is 4.08. The second-order valence-electron chi connectivity index (χ2n) is 6.55. The van der Waals surface area contributed by atoms with E-state index < -0.39 is 0 Å². The first kappa shape index (κ1) is 14.0. The van der Waals surface area contributed by atoms with Crippen LogP contribution in [0.5, 0.6) is 0 Å². The van der Waals surface area contributed by atoms with Crippen molar-refractivity contribution in [3.63, 3.8) is 0 Å². The number of rotatable bonds is 3. The monoisotopic (exact) mass is 279 g/mol. The molecule has 2 aliphatic heterocycles. The Hall–Kier alpha value is -0.940. The van der Waals surface area contributed by atoms with E-state index in [4.69, 9.17) is 9.26 Å². The Morgan fingerprint density at radius 2 is 2.15 bits per heavy atom. The highest BCUT2D eigenvalue weighted by molar-refractivity contribution is 4.96. The molecule has 0 bridgehead atoms. The summed E-state index contributed by atoms with van der Waals surface area (Å²) >= 11 is 0. The van der Waals surface area contributed by atoms with Crippen molar-refractivity contribution in [1.29, 1.82) is 0 Å². The Morgan fingerprint density at radius 1 is 1.35 bits per heavy atom. The number of nitrogens with zero attached hydrogens (tertiary/aromatic N) is 2. The smallest absolute Gasteiger partial charge is 0.229 e. The van der Waals surface area contributed by atoms with Crippen LogP contribution in [0.4, 0.5) is 0 Å². The average Bonchev–Trinajstić information content (AvgIpc) is 2.88. The first-order chi connectivity index (χ1) is 9.67. The van der Waals surface area contributed by atoms with Gasteiger partial charge in [0.15, 0.2) is 5.82 Å². The predicted octanol–water partition coefficient (Wildman–Crippen LogP) is 2.28. The molecule has 1 aromatic heterocycles. The summed E-state index contributed by atoms with van der Waals surface area (Å²) in [5.74, 6) is 2.55. The molecule has 5 nitrogen and oxygen atoms in total. The van der Waals surface area contributed by atoms with Gasteiger partial charge in [0.2, 0.25) is 5.89 Å². The number of aromatic nitrogens is 2. The second kappa shape index (κ2) is 5.82. The number of ether oxygens (including phenoxy) is 1. The predicted molar refractivity (Wildman–Crippen MR) is 75.6 cm³/mol. The molecule has 0 aromatic carbocycles. The highest BCUT2D eigenvalue weighted by Gasteiger charge is 2.38. The maximum absolute atomic E-state index is 6.11. The molecule has 1 atom stereocenters. The lowest BCUT2D eigenvalue weighted by Gasteiger charge is -2.43. The largest absolute Gasteiger partial charge is 0.375 e. The first-order valence-electron chi connectivity index (χ1n) is 7.84. The fraction of sp³-hybridized carbons (Fsp3) is 0.867. The average molecular weight is 279 g/mol. The molecule has 1 N–H and O–H groups in total. The lowest BCUT2D eigenvalue weighted by atomic mass is 9.78. The first-order valence-corrected chi connectivity index (χ1v) is 7.84. The number of hydrogen-bond donors (Lipinski definition) is 1. The second-order valence-corrected chi connectivity index (χ2v) is 6.55. The van der Waals surface area contributed by atoms with Crippen LogP contribution in [-0.2, 0) is 11.2 Å². The van der Waals surface area contributed by atoms with Crippen LogP contribution in [0, 0.1) is 5.92 Å². The molecule has 0 amide bonds. The van der Waals surface area contributed by atoms with Gasteiger partial charge < -0.3 is 14.6 Å². The van der Waals surface area contributed by atoms with Crippen LogP contribution >= 0.6 is 0 Å². The SMILES string of the molecule is CC(C)c1nc(CC2CCOC3(CCNCC3)C2)no1. The summed E-state index contributed by atoms with van der Waals surface area (Å²) in [5.41, 5.74) is 0.110. The van der Waals surface area contributed by atoms with Crippen molar-refractivity contribution in [2.24, 2.45) is 5.92 Å². The maximum Gasteiger partial charge on any atom is 0.229 e. The van der Waals surface area contributed by atoms with Gasteiger partial charge >= 0.3 is 0 Å². The van der Waals surface area contributed by atoms with Crippen molar-refractivity contribution < 1.29 is 9.26 Å². The van der Waals surface area contributed by atoms with Crippen molar-refractivity contribution in [2.75, 3.05) is 19.7 Å². The van der Waals surface area contributed by atoms with E-state index in [9.17, 15) is 0 Å². The van der Waals surface area contributed by atoms with E-state index in [2.05, 4.69) is 29.3 Å². The molecule has 0 radical (unpaired) electrons. The van der Waals surface area contributed by atoms with Crippen molar-refractivity contribution in [2.45, 2.75) is 57.5 Å². The molecule has 2 aliphatic rings. The van der Waals surface area contributed by atoms with Crippen LogP contribution in [-0.4, -0.2) is 35.4 Å². The highest BCUT2D eigenvalue weighted by Crippen LogP contribution is 2.37. The lowest BCUT2D eigenvalue weighted by Crippen LogP contribution is -2.48. The van der Waals surface area contributed by atoms with Gasteiger partial charge in [-0.25, -0.2) is 0 Å². The lowest BCUT2D eigenvalue weighted by molar-refractivity contribution is -0.113. The minimum atomic E-state index is 0.110. The van der Waals surface area contributed by atoms with E-state index in [1.54, 1.807) is 0 Å². The van der Waals surface area contributed by atoms with E-state index in [0.29, 0.717) is 11.8 Å². The van der Waals surface area contributed by atoms with E-state index in [0.717, 1.165) is 63.5 Å². The van der Waals surface area contributed by atoms with Crippen LogP contribution in [0.1, 0.15) is 57.2 Å². The maximum atomic E-state index is 6.11. The molecule has 3 rings (SSSR count). The van der Waals surface area contributed by atoms with E-state index >= 15 is 0 Å². The Labute approximate surface area is 120 Å². The third kappa shape index (κ3) is 3.04. The van der Waals surface area contributed by atoms with Crippen LogP contribution in [0.25, 0.3) is 0 Å². The summed E-state index contributed by atoms with van der Waals surface area (Å²) in [4.78, 5) is 4.51. The van der Waals surface area contributed by atoms with Crippen molar-refractivity contribution in [3.8, 4) is 0 Å². The van der Waals surface area contributed by atoms with Gasteiger partial charge in [0, 0.05) is 18.9 Å². The molecule has 2 saturated heterocycles. The summed E-state index contributed by atoms with van der Waals surface area (Å²) < 4.78 is 11.4. The molecule has 1 unspecified atom stereocenters. The molecule has 2 fully saturated rings. The summed E-state index contributed by atoms with van der Waals surface area (Å²) in [7, 11) is 0. The summed E-state index contributed by atoms with van der Waals surface area (Å²) in [6, 6.07) is 0. The fourth-order valence-electron chi connectivity index (χ4n) is 3.38. The van der Waals surface area contributed by atoms with Crippen molar-refractivity contribution in [3.05, 3.63) is 11.7 Å². The van der Waals surface area contributed by atoms with Gasteiger partial charge in [0.25, 0.3) is 0 Å². The molecule has 112 valence electrons. The zero-order valence-corrected chi connectivity index (χ0v) is 12.5. The van der Waals surface area contributed by atoms with Crippen LogP contribution in [0.2, 0.25) is 0 Å². The Morgan fingerprint density at radius 3 is 2.85 bits per heavy atom. The normalized spacial score (nSPS) is 26.2. The van der Waals surface area contributed by atoms with E-state index in [1.165, 1.54) is 0 Å². The molecule has 5 heteroatoms. The zero-order valence-electron chi connectivity index (χ0n) is 12.5. The molecule has 3 heterocycles. The zero-order chi connectivity index (χ0) is 14.0. The Balaban J connectivity index is 1.61. The van der Waals surface area contributed by atoms with E-state index in [1.807, 2.05) is 0 Å². The standard InChI is InChI=1S/C15H25N3O2/c1-11(2)14-17-13(18-20-14)9-12-3-8-19-15(10-12)4-6-16-7-5-15/h11-12,16H,3-10H2,1-2H3. The molecule has 20 heavy (non-hydrogen) atoms. The number of piperidine rings is 1. The summed E-state index contributed by atoms with van der Waals surface area (Å²) in [6.07, 6.45) is 5.44. The molecule has 0 aliphatic carbocycles. The van der Waals surface area contributed by atoms with Gasteiger partial charge in [-0.2, -0.15) is 4.98 Å². The van der Waals surface area contributed by atoms with Crippen LogP contribution < -0.4 is 5.32 Å². The topological polar surface area (TPSA) is 60.2 Å². The van der Waals surface area contributed by atoms with Gasteiger partial charge in [-0.05, 0) is 44.7 Å². The van der Waals surface area contributed by atoms with Gasteiger partial charge in [-0.3, -0.25) is 0 Å². The van der Waals surface area contributed by atoms with Crippen LogP contribution in [0.15, 0.2) is 4.52 Å². The van der Waals surface area contributed by atoms with E-state index in [-0.39, 0.29) is 5.60 Å².